The van der Waals surface area contributed by atoms with Crippen LogP contribution in [0.25, 0.3) is 0 Å². The minimum Gasteiger partial charge on any atom is -0.494 e. The lowest BCUT2D eigenvalue weighted by Gasteiger charge is -2.12. The van der Waals surface area contributed by atoms with E-state index in [0.29, 0.717) is 23.7 Å². The first-order valence-corrected chi connectivity index (χ1v) is 6.94. The van der Waals surface area contributed by atoms with Gasteiger partial charge in [-0.1, -0.05) is 6.07 Å². The van der Waals surface area contributed by atoms with E-state index in [4.69, 9.17) is 20.6 Å². The predicted molar refractivity (Wildman–Crippen MR) is 82.8 cm³/mol. The number of ether oxygens (including phenoxy) is 2. The van der Waals surface area contributed by atoms with E-state index >= 15 is 0 Å². The van der Waals surface area contributed by atoms with E-state index in [2.05, 4.69) is 15.9 Å². The molecule has 0 saturated heterocycles. The largest absolute Gasteiger partial charge is 0.494 e. The van der Waals surface area contributed by atoms with E-state index < -0.39 is 0 Å². The van der Waals surface area contributed by atoms with Crippen LogP contribution in [-0.2, 0) is 0 Å². The smallest absolute Gasteiger partial charge is 0.139 e. The summed E-state index contributed by atoms with van der Waals surface area (Å²) in [5, 5.41) is 7.62. The monoisotopic (exact) mass is 334 g/mol. The van der Waals surface area contributed by atoms with Crippen molar-refractivity contribution in [3.8, 4) is 17.2 Å². The second-order valence-corrected chi connectivity index (χ2v) is 4.89. The number of benzene rings is 2. The first-order valence-electron chi connectivity index (χ1n) is 6.15. The third-order valence-corrected chi connectivity index (χ3v) is 3.27. The molecule has 0 aliphatic heterocycles. The average Bonchev–Trinajstić information content (AvgIpc) is 2.41. The van der Waals surface area contributed by atoms with Gasteiger partial charge in [-0.2, -0.15) is 0 Å². The molecular formula is C15H15BrN2O2. The van der Waals surface area contributed by atoms with Gasteiger partial charge in [0.25, 0.3) is 0 Å². The van der Waals surface area contributed by atoms with E-state index in [1.165, 1.54) is 0 Å². The molecule has 4 nitrogen and oxygen atoms in total. The summed E-state index contributed by atoms with van der Waals surface area (Å²) in [6.45, 7) is 2.56. The van der Waals surface area contributed by atoms with Gasteiger partial charge in [0.2, 0.25) is 0 Å². The van der Waals surface area contributed by atoms with Crippen LogP contribution in [0.5, 0.6) is 17.2 Å². The van der Waals surface area contributed by atoms with Crippen molar-refractivity contribution in [2.24, 2.45) is 5.73 Å². The lowest BCUT2D eigenvalue weighted by Crippen LogP contribution is -2.13. The van der Waals surface area contributed by atoms with Gasteiger partial charge in [-0.25, -0.2) is 0 Å². The summed E-state index contributed by atoms with van der Waals surface area (Å²) in [4.78, 5) is 0. The number of nitrogen functional groups attached to an aromatic ring is 1. The third-order valence-electron chi connectivity index (χ3n) is 2.61. The summed E-state index contributed by atoms with van der Waals surface area (Å²) in [5.74, 6) is 1.95. The highest BCUT2D eigenvalue weighted by atomic mass is 79.9. The number of rotatable bonds is 5. The van der Waals surface area contributed by atoms with E-state index in [-0.39, 0.29) is 5.84 Å². The highest BCUT2D eigenvalue weighted by molar-refractivity contribution is 9.10. The van der Waals surface area contributed by atoms with Crippen molar-refractivity contribution in [2.75, 3.05) is 6.61 Å². The first kappa shape index (κ1) is 14.4. The molecular weight excluding hydrogens is 320 g/mol. The summed E-state index contributed by atoms with van der Waals surface area (Å²) in [7, 11) is 0. The molecule has 2 rings (SSSR count). The summed E-state index contributed by atoms with van der Waals surface area (Å²) >= 11 is 3.37. The van der Waals surface area contributed by atoms with Crippen molar-refractivity contribution in [1.82, 2.24) is 0 Å². The van der Waals surface area contributed by atoms with E-state index in [1.54, 1.807) is 6.07 Å². The van der Waals surface area contributed by atoms with Crippen LogP contribution in [0.2, 0.25) is 0 Å². The second kappa shape index (κ2) is 6.43. The number of hydrogen-bond donors (Lipinski definition) is 2. The van der Waals surface area contributed by atoms with Crippen LogP contribution in [0, 0.1) is 5.41 Å². The quantitative estimate of drug-likeness (QED) is 0.643. The minimum absolute atomic E-state index is 0.0431. The molecule has 0 aliphatic rings. The van der Waals surface area contributed by atoms with Crippen LogP contribution in [0.4, 0.5) is 0 Å². The molecule has 2 aromatic carbocycles. The molecule has 0 bridgehead atoms. The number of halogens is 1. The molecule has 0 heterocycles. The topological polar surface area (TPSA) is 68.3 Å². The Labute approximate surface area is 126 Å². The van der Waals surface area contributed by atoms with Gasteiger partial charge in [-0.05, 0) is 59.3 Å². The molecule has 0 aliphatic carbocycles. The van der Waals surface area contributed by atoms with Crippen LogP contribution in [0.3, 0.4) is 0 Å². The van der Waals surface area contributed by atoms with Gasteiger partial charge >= 0.3 is 0 Å². The van der Waals surface area contributed by atoms with Gasteiger partial charge in [-0.3, -0.25) is 5.41 Å². The molecule has 0 spiro atoms. The fourth-order valence-corrected chi connectivity index (χ4v) is 2.31. The van der Waals surface area contributed by atoms with Gasteiger partial charge in [0, 0.05) is 4.47 Å². The maximum absolute atomic E-state index is 7.62. The fraction of sp³-hybridized carbons (Fsp3) is 0.133. The normalized spacial score (nSPS) is 10.1. The molecule has 20 heavy (non-hydrogen) atoms. The highest BCUT2D eigenvalue weighted by Gasteiger charge is 2.11. The van der Waals surface area contributed by atoms with Crippen LogP contribution in [0.1, 0.15) is 12.5 Å². The lowest BCUT2D eigenvalue weighted by molar-refractivity contribution is 0.339. The number of nitrogens with one attached hydrogen (secondary N) is 1. The van der Waals surface area contributed by atoms with E-state index in [1.807, 2.05) is 43.3 Å². The zero-order valence-corrected chi connectivity index (χ0v) is 12.6. The van der Waals surface area contributed by atoms with Crippen LogP contribution in [-0.4, -0.2) is 12.4 Å². The highest BCUT2D eigenvalue weighted by Crippen LogP contribution is 2.31. The Morgan fingerprint density at radius 3 is 2.40 bits per heavy atom. The van der Waals surface area contributed by atoms with Crippen molar-refractivity contribution >= 4 is 21.8 Å². The second-order valence-electron chi connectivity index (χ2n) is 4.03. The SMILES string of the molecule is CCOc1ccc(Oc2cccc(Br)c2C(=N)N)cc1. The van der Waals surface area contributed by atoms with Crippen molar-refractivity contribution < 1.29 is 9.47 Å². The van der Waals surface area contributed by atoms with Crippen LogP contribution in [0.15, 0.2) is 46.9 Å². The molecule has 0 aromatic heterocycles. The van der Waals surface area contributed by atoms with Crippen LogP contribution >= 0.6 is 15.9 Å². The summed E-state index contributed by atoms with van der Waals surface area (Å²) in [6.07, 6.45) is 0. The van der Waals surface area contributed by atoms with Gasteiger partial charge in [0.1, 0.15) is 23.1 Å². The van der Waals surface area contributed by atoms with Gasteiger partial charge in [0.05, 0.1) is 12.2 Å². The summed E-state index contributed by atoms with van der Waals surface area (Å²) < 4.78 is 11.9. The molecule has 2 aromatic rings. The molecule has 0 unspecified atom stereocenters. The van der Waals surface area contributed by atoms with E-state index in [0.717, 1.165) is 10.2 Å². The molecule has 104 valence electrons. The predicted octanol–water partition coefficient (Wildman–Crippen LogP) is 3.92. The fourth-order valence-electron chi connectivity index (χ4n) is 1.75. The van der Waals surface area contributed by atoms with Gasteiger partial charge in [-0.15, -0.1) is 0 Å². The van der Waals surface area contributed by atoms with Crippen molar-refractivity contribution in [2.45, 2.75) is 6.92 Å². The summed E-state index contributed by atoms with van der Waals surface area (Å²) in [5.41, 5.74) is 6.13. The maximum atomic E-state index is 7.62. The molecule has 0 fully saturated rings. The molecule has 0 atom stereocenters. The zero-order valence-electron chi connectivity index (χ0n) is 11.0. The third kappa shape index (κ3) is 3.30. The van der Waals surface area contributed by atoms with Crippen molar-refractivity contribution in [3.05, 3.63) is 52.5 Å². The molecule has 3 N–H and O–H groups in total. The Balaban J connectivity index is 2.26. The minimum atomic E-state index is -0.0431. The van der Waals surface area contributed by atoms with Crippen LogP contribution < -0.4 is 15.2 Å². The Kier molecular flexibility index (Phi) is 4.63. The molecule has 0 radical (unpaired) electrons. The first-order chi connectivity index (χ1) is 9.61. The van der Waals surface area contributed by atoms with E-state index in [9.17, 15) is 0 Å². The van der Waals surface area contributed by atoms with Crippen molar-refractivity contribution in [1.29, 1.82) is 5.41 Å². The van der Waals surface area contributed by atoms with Gasteiger partial charge in [0.15, 0.2) is 0 Å². The maximum Gasteiger partial charge on any atom is 0.139 e. The van der Waals surface area contributed by atoms with Crippen molar-refractivity contribution in [3.63, 3.8) is 0 Å². The summed E-state index contributed by atoms with van der Waals surface area (Å²) in [6, 6.07) is 12.7. The zero-order chi connectivity index (χ0) is 14.5. The molecule has 0 amide bonds. The Morgan fingerprint density at radius 2 is 1.80 bits per heavy atom. The Morgan fingerprint density at radius 1 is 1.15 bits per heavy atom. The number of hydrogen-bond acceptors (Lipinski definition) is 3. The Hall–Kier alpha value is -2.01. The molecule has 5 heteroatoms. The standard InChI is InChI=1S/C15H15BrN2O2/c1-2-19-10-6-8-11(9-7-10)20-13-5-3-4-12(16)14(13)15(17)18/h3-9H,2H2,1H3,(H3,17,18). The number of amidine groups is 1. The average molecular weight is 335 g/mol. The molecule has 0 saturated carbocycles. The number of nitrogens with two attached hydrogens (primary N) is 1. The lowest BCUT2D eigenvalue weighted by atomic mass is 10.2. The van der Waals surface area contributed by atoms with Gasteiger partial charge < -0.3 is 15.2 Å². The Bertz CT molecular complexity index is 612.